The van der Waals surface area contributed by atoms with Gasteiger partial charge in [0, 0.05) is 12.8 Å². The second-order valence-electron chi connectivity index (χ2n) is 8.54. The van der Waals surface area contributed by atoms with Crippen molar-refractivity contribution in [3.63, 3.8) is 0 Å². The van der Waals surface area contributed by atoms with E-state index in [-0.39, 0.29) is 21.0 Å². The number of aromatic nitrogens is 6. The fraction of sp³-hybridized carbons (Fsp3) is 0.333. The Hall–Kier alpha value is -3.64. The molecule has 0 spiro atoms. The van der Waals surface area contributed by atoms with E-state index in [1.165, 1.54) is 22.7 Å². The Balaban J connectivity index is 1.83. The van der Waals surface area contributed by atoms with Gasteiger partial charge in [-0.15, -0.1) is 0 Å². The van der Waals surface area contributed by atoms with Crippen LogP contribution in [0.25, 0.3) is 9.92 Å². The molecule has 36 heavy (non-hydrogen) atoms. The molecule has 0 amide bonds. The normalized spacial score (nSPS) is 11.8. The minimum atomic E-state index is -1.15. The minimum absolute atomic E-state index is 0.162. The van der Waals surface area contributed by atoms with Crippen LogP contribution in [0.15, 0.2) is 33.9 Å². The van der Waals surface area contributed by atoms with Gasteiger partial charge in [0.05, 0.1) is 17.0 Å². The number of benzene rings is 1. The standard InChI is InChI=1S/C24H24N6O4S2/c1-4-7-14-27-29-21(33)17(19(31)25-23(29)35-14)16(13-10-6-9-12(3)11-13)18-20(32)26-24-30(22(18)34)28-15(36-24)8-5-2/h6,9-11,16,31-32H,4-5,7-8H2,1-3H3. The molecule has 0 aliphatic rings. The fourth-order valence-corrected chi connectivity index (χ4v) is 6.20. The summed E-state index contributed by atoms with van der Waals surface area (Å²) in [5.41, 5.74) is -0.161. The lowest BCUT2D eigenvalue weighted by molar-refractivity contribution is 0.433. The van der Waals surface area contributed by atoms with Crippen molar-refractivity contribution in [1.82, 2.24) is 29.2 Å². The highest BCUT2D eigenvalue weighted by atomic mass is 32.1. The third-order valence-electron chi connectivity index (χ3n) is 5.81. The van der Waals surface area contributed by atoms with E-state index in [1.54, 1.807) is 18.2 Å². The van der Waals surface area contributed by atoms with Crippen LogP contribution < -0.4 is 11.1 Å². The maximum atomic E-state index is 13.7. The average molecular weight is 525 g/mol. The second kappa shape index (κ2) is 9.43. The molecule has 0 bridgehead atoms. The number of nitrogens with zero attached hydrogens (tertiary/aromatic N) is 6. The molecule has 0 aliphatic heterocycles. The van der Waals surface area contributed by atoms with Crippen LogP contribution in [-0.2, 0) is 12.8 Å². The van der Waals surface area contributed by atoms with E-state index in [4.69, 9.17) is 0 Å². The van der Waals surface area contributed by atoms with Gasteiger partial charge in [-0.3, -0.25) is 9.59 Å². The van der Waals surface area contributed by atoms with Gasteiger partial charge in [-0.25, -0.2) is 0 Å². The Kier molecular flexibility index (Phi) is 6.31. The van der Waals surface area contributed by atoms with Crippen LogP contribution in [0.5, 0.6) is 11.8 Å². The van der Waals surface area contributed by atoms with Gasteiger partial charge in [-0.05, 0) is 25.3 Å². The highest BCUT2D eigenvalue weighted by Gasteiger charge is 2.33. The predicted molar refractivity (Wildman–Crippen MR) is 138 cm³/mol. The van der Waals surface area contributed by atoms with Crippen LogP contribution in [-0.4, -0.2) is 39.4 Å². The molecule has 2 N–H and O–H groups in total. The average Bonchev–Trinajstić information content (AvgIpc) is 3.42. The number of hydrogen-bond donors (Lipinski definition) is 2. The molecule has 0 atom stereocenters. The summed E-state index contributed by atoms with van der Waals surface area (Å²) in [6, 6.07) is 7.17. The molecule has 5 aromatic rings. The van der Waals surface area contributed by atoms with E-state index in [1.807, 2.05) is 26.8 Å². The molecular weight excluding hydrogens is 500 g/mol. The molecule has 4 heterocycles. The van der Waals surface area contributed by atoms with E-state index in [2.05, 4.69) is 20.2 Å². The molecule has 5 rings (SSSR count). The Morgan fingerprint density at radius 3 is 1.81 bits per heavy atom. The van der Waals surface area contributed by atoms with Gasteiger partial charge in [-0.1, -0.05) is 66.3 Å². The van der Waals surface area contributed by atoms with Crippen LogP contribution >= 0.6 is 22.7 Å². The van der Waals surface area contributed by atoms with E-state index >= 15 is 0 Å². The number of hydrogen-bond acceptors (Lipinski definition) is 10. The van der Waals surface area contributed by atoms with Crippen molar-refractivity contribution in [3.8, 4) is 11.8 Å². The summed E-state index contributed by atoms with van der Waals surface area (Å²) < 4.78 is 2.30. The van der Waals surface area contributed by atoms with E-state index in [0.717, 1.165) is 27.4 Å². The lowest BCUT2D eigenvalue weighted by Crippen LogP contribution is -2.29. The van der Waals surface area contributed by atoms with Crippen LogP contribution in [0.4, 0.5) is 0 Å². The Labute approximate surface area is 213 Å². The third-order valence-corrected chi connectivity index (χ3v) is 7.75. The molecule has 10 nitrogen and oxygen atoms in total. The number of aryl methyl sites for hydroxylation is 3. The summed E-state index contributed by atoms with van der Waals surface area (Å²) in [5.74, 6) is -2.19. The van der Waals surface area contributed by atoms with Gasteiger partial charge in [-0.2, -0.15) is 29.2 Å². The van der Waals surface area contributed by atoms with Crippen molar-refractivity contribution in [3.05, 3.63) is 77.2 Å². The summed E-state index contributed by atoms with van der Waals surface area (Å²) in [4.78, 5) is 36.4. The SMILES string of the molecule is CCCc1nn2c(=O)c(C(c3cccc(C)c3)c3c(O)nc4sc(CCC)nn4c3=O)c(O)nc2s1. The van der Waals surface area contributed by atoms with Gasteiger partial charge in [0.25, 0.3) is 11.1 Å². The Bertz CT molecular complexity index is 1610. The summed E-state index contributed by atoms with van der Waals surface area (Å²) in [7, 11) is 0. The summed E-state index contributed by atoms with van der Waals surface area (Å²) in [5, 5.41) is 32.2. The number of aromatic hydroxyl groups is 2. The molecule has 0 aliphatic carbocycles. The van der Waals surface area contributed by atoms with E-state index in [9.17, 15) is 19.8 Å². The van der Waals surface area contributed by atoms with Crippen LogP contribution in [0.1, 0.15) is 64.9 Å². The lowest BCUT2D eigenvalue weighted by atomic mass is 9.86. The van der Waals surface area contributed by atoms with Crippen molar-refractivity contribution >= 4 is 32.6 Å². The molecule has 186 valence electrons. The predicted octanol–water partition coefficient (Wildman–Crippen LogP) is 3.42. The molecule has 1 aromatic carbocycles. The Morgan fingerprint density at radius 2 is 1.36 bits per heavy atom. The molecule has 0 saturated carbocycles. The van der Waals surface area contributed by atoms with Crippen molar-refractivity contribution in [2.24, 2.45) is 0 Å². The van der Waals surface area contributed by atoms with Crippen molar-refractivity contribution < 1.29 is 10.2 Å². The second-order valence-corrected chi connectivity index (χ2v) is 10.6. The first-order valence-corrected chi connectivity index (χ1v) is 13.2. The zero-order valence-corrected chi connectivity index (χ0v) is 21.6. The quantitative estimate of drug-likeness (QED) is 0.331. The monoisotopic (exact) mass is 524 g/mol. The first kappa shape index (κ1) is 24.1. The molecule has 12 heteroatoms. The zero-order chi connectivity index (χ0) is 25.6. The van der Waals surface area contributed by atoms with E-state index < -0.39 is 28.8 Å². The molecular formula is C24H24N6O4S2. The van der Waals surface area contributed by atoms with Crippen LogP contribution in [0.2, 0.25) is 0 Å². The van der Waals surface area contributed by atoms with E-state index in [0.29, 0.717) is 28.4 Å². The van der Waals surface area contributed by atoms with Crippen molar-refractivity contribution in [2.45, 2.75) is 52.4 Å². The van der Waals surface area contributed by atoms with Gasteiger partial charge < -0.3 is 10.2 Å². The minimum Gasteiger partial charge on any atom is -0.493 e. The van der Waals surface area contributed by atoms with Gasteiger partial charge in [0.15, 0.2) is 0 Å². The first-order chi connectivity index (χ1) is 17.3. The molecule has 4 aromatic heterocycles. The van der Waals surface area contributed by atoms with Gasteiger partial charge in [0.1, 0.15) is 10.0 Å². The summed E-state index contributed by atoms with van der Waals surface area (Å²) >= 11 is 2.45. The Morgan fingerprint density at radius 1 is 0.861 bits per heavy atom. The van der Waals surface area contributed by atoms with Gasteiger partial charge >= 0.3 is 0 Å². The number of fused-ring (bicyclic) bond motifs is 2. The molecule has 0 saturated heterocycles. The molecule has 0 unspecified atom stereocenters. The molecule has 0 fully saturated rings. The maximum absolute atomic E-state index is 13.7. The largest absolute Gasteiger partial charge is 0.493 e. The summed E-state index contributed by atoms with van der Waals surface area (Å²) in [6.07, 6.45) is 3.00. The smallest absolute Gasteiger partial charge is 0.283 e. The lowest BCUT2D eigenvalue weighted by Gasteiger charge is -2.18. The topological polar surface area (TPSA) is 135 Å². The first-order valence-electron chi connectivity index (χ1n) is 11.6. The highest BCUT2D eigenvalue weighted by Crippen LogP contribution is 2.37. The van der Waals surface area contributed by atoms with Crippen LogP contribution in [0.3, 0.4) is 0 Å². The van der Waals surface area contributed by atoms with Crippen molar-refractivity contribution in [2.75, 3.05) is 0 Å². The maximum Gasteiger partial charge on any atom is 0.283 e. The fourth-order valence-electron chi connectivity index (χ4n) is 4.23. The zero-order valence-electron chi connectivity index (χ0n) is 19.9. The van der Waals surface area contributed by atoms with Crippen molar-refractivity contribution in [1.29, 1.82) is 0 Å². The van der Waals surface area contributed by atoms with Crippen LogP contribution in [0, 0.1) is 6.92 Å². The van der Waals surface area contributed by atoms with Gasteiger partial charge in [0.2, 0.25) is 21.7 Å². The highest BCUT2D eigenvalue weighted by molar-refractivity contribution is 7.16. The number of rotatable bonds is 7. The molecule has 0 radical (unpaired) electrons. The third kappa shape index (κ3) is 4.05. The summed E-state index contributed by atoms with van der Waals surface area (Å²) in [6.45, 7) is 5.88.